The van der Waals surface area contributed by atoms with Gasteiger partial charge in [0.05, 0.1) is 10.4 Å². The van der Waals surface area contributed by atoms with Crippen LogP contribution in [0.25, 0.3) is 10.9 Å². The first-order valence-corrected chi connectivity index (χ1v) is 9.91. The van der Waals surface area contributed by atoms with E-state index in [1.54, 1.807) is 23.1 Å². The van der Waals surface area contributed by atoms with E-state index in [2.05, 4.69) is 9.97 Å². The van der Waals surface area contributed by atoms with Gasteiger partial charge in [-0.2, -0.15) is 0 Å². The van der Waals surface area contributed by atoms with Crippen molar-refractivity contribution in [1.29, 1.82) is 0 Å². The van der Waals surface area contributed by atoms with Gasteiger partial charge in [0.1, 0.15) is 17.2 Å². The van der Waals surface area contributed by atoms with Gasteiger partial charge in [-0.05, 0) is 24.3 Å². The zero-order chi connectivity index (χ0) is 21.5. The minimum atomic E-state index is -0.527. The van der Waals surface area contributed by atoms with Crippen molar-refractivity contribution in [3.8, 4) is 11.5 Å². The molecule has 0 aliphatic carbocycles. The zero-order valence-electron chi connectivity index (χ0n) is 16.2. The number of carbonyl (C=O) groups is 1. The summed E-state index contributed by atoms with van der Waals surface area (Å²) in [5.41, 5.74) is 0.872. The highest BCUT2D eigenvalue weighted by Gasteiger charge is 2.26. The number of hydrogen-bond acceptors (Lipinski definition) is 8. The van der Waals surface area contributed by atoms with Crippen LogP contribution in [0.2, 0.25) is 5.02 Å². The number of rotatable bonds is 3. The molecule has 2 aliphatic heterocycles. The molecule has 2 aliphatic rings. The minimum absolute atomic E-state index is 0.0290. The Labute approximate surface area is 181 Å². The van der Waals surface area contributed by atoms with Gasteiger partial charge in [0.2, 0.25) is 6.79 Å². The molecule has 1 fully saturated rings. The lowest BCUT2D eigenvalue weighted by Gasteiger charge is -2.35. The molecule has 0 bridgehead atoms. The summed E-state index contributed by atoms with van der Waals surface area (Å²) in [6, 6.07) is 8.02. The Morgan fingerprint density at radius 3 is 2.61 bits per heavy atom. The standard InChI is InChI=1S/C20H16ClN5O5/c21-14-9-15-13(8-16(14)26(28)29)19(23-10-22-15)24-3-5-25(6-4-24)20(27)12-1-2-17-18(7-12)31-11-30-17/h1-2,7-10H,3-6,11H2. The molecule has 11 heteroatoms. The van der Waals surface area contributed by atoms with E-state index in [1.165, 1.54) is 18.5 Å². The summed E-state index contributed by atoms with van der Waals surface area (Å²) in [4.78, 5) is 35.9. The number of ether oxygens (including phenoxy) is 2. The lowest BCUT2D eigenvalue weighted by molar-refractivity contribution is -0.384. The second-order valence-electron chi connectivity index (χ2n) is 7.12. The number of nitro benzene ring substituents is 1. The molecule has 5 rings (SSSR count). The first kappa shape index (κ1) is 19.3. The third-order valence-corrected chi connectivity index (χ3v) is 5.67. The van der Waals surface area contributed by atoms with E-state index in [0.717, 1.165) is 0 Å². The number of piperazine rings is 1. The van der Waals surface area contributed by atoms with Crippen LogP contribution in [0.3, 0.4) is 0 Å². The largest absolute Gasteiger partial charge is 0.454 e. The molecule has 3 heterocycles. The van der Waals surface area contributed by atoms with Gasteiger partial charge in [-0.3, -0.25) is 14.9 Å². The Hall–Kier alpha value is -3.66. The number of fused-ring (bicyclic) bond motifs is 2. The quantitative estimate of drug-likeness (QED) is 0.450. The molecule has 10 nitrogen and oxygen atoms in total. The molecule has 3 aromatic rings. The van der Waals surface area contributed by atoms with E-state index in [-0.39, 0.29) is 23.4 Å². The molecule has 1 aromatic heterocycles. The number of nitrogens with zero attached hydrogens (tertiary/aromatic N) is 5. The molecule has 1 amide bonds. The van der Waals surface area contributed by atoms with Gasteiger partial charge in [0, 0.05) is 43.2 Å². The Morgan fingerprint density at radius 1 is 1.06 bits per heavy atom. The lowest BCUT2D eigenvalue weighted by Crippen LogP contribution is -2.49. The van der Waals surface area contributed by atoms with E-state index in [4.69, 9.17) is 21.1 Å². The number of nitro groups is 1. The van der Waals surface area contributed by atoms with Crippen LogP contribution in [0.4, 0.5) is 11.5 Å². The Morgan fingerprint density at radius 2 is 1.84 bits per heavy atom. The van der Waals surface area contributed by atoms with Gasteiger partial charge in [-0.15, -0.1) is 0 Å². The minimum Gasteiger partial charge on any atom is -0.454 e. The van der Waals surface area contributed by atoms with Crippen LogP contribution in [-0.4, -0.2) is 58.7 Å². The van der Waals surface area contributed by atoms with Crippen molar-refractivity contribution in [1.82, 2.24) is 14.9 Å². The fourth-order valence-corrected chi connectivity index (χ4v) is 4.00. The van der Waals surface area contributed by atoms with Gasteiger partial charge in [-0.25, -0.2) is 9.97 Å². The van der Waals surface area contributed by atoms with E-state index >= 15 is 0 Å². The summed E-state index contributed by atoms with van der Waals surface area (Å²) in [7, 11) is 0. The maximum Gasteiger partial charge on any atom is 0.288 e. The van der Waals surface area contributed by atoms with Gasteiger partial charge >= 0.3 is 0 Å². The van der Waals surface area contributed by atoms with Crippen LogP contribution in [0.5, 0.6) is 11.5 Å². The molecular weight excluding hydrogens is 426 g/mol. The molecule has 158 valence electrons. The third kappa shape index (κ3) is 3.44. The van der Waals surface area contributed by atoms with Gasteiger partial charge < -0.3 is 19.3 Å². The molecule has 1 saturated heterocycles. The maximum absolute atomic E-state index is 12.9. The smallest absolute Gasteiger partial charge is 0.288 e. The molecule has 0 saturated carbocycles. The van der Waals surface area contributed by atoms with E-state index in [1.807, 2.05) is 4.90 Å². The molecular formula is C20H16ClN5O5. The van der Waals surface area contributed by atoms with Crippen LogP contribution in [0.1, 0.15) is 10.4 Å². The predicted octanol–water partition coefficient (Wildman–Crippen LogP) is 2.88. The third-order valence-electron chi connectivity index (χ3n) is 5.37. The number of aromatic nitrogens is 2. The Kier molecular flexibility index (Phi) is 4.70. The SMILES string of the molecule is O=C(c1ccc2c(c1)OCO2)N1CCN(c2ncnc3cc(Cl)c([N+](=O)[O-])cc23)CC1. The second-order valence-corrected chi connectivity index (χ2v) is 7.53. The molecule has 0 unspecified atom stereocenters. The summed E-state index contributed by atoms with van der Waals surface area (Å²) in [6.07, 6.45) is 1.41. The molecule has 31 heavy (non-hydrogen) atoms. The summed E-state index contributed by atoms with van der Waals surface area (Å²) in [5, 5.41) is 11.9. The van der Waals surface area contributed by atoms with Crippen molar-refractivity contribution in [3.05, 3.63) is 57.4 Å². The van der Waals surface area contributed by atoms with E-state index in [0.29, 0.717) is 60.0 Å². The van der Waals surface area contributed by atoms with Crippen LogP contribution < -0.4 is 14.4 Å². The molecule has 0 atom stereocenters. The zero-order valence-corrected chi connectivity index (χ0v) is 16.9. The highest BCUT2D eigenvalue weighted by Crippen LogP contribution is 2.34. The van der Waals surface area contributed by atoms with E-state index < -0.39 is 4.92 Å². The summed E-state index contributed by atoms with van der Waals surface area (Å²) in [5.74, 6) is 1.69. The highest BCUT2D eigenvalue weighted by molar-refractivity contribution is 6.33. The van der Waals surface area contributed by atoms with Crippen molar-refractivity contribution >= 4 is 39.9 Å². The monoisotopic (exact) mass is 441 g/mol. The number of hydrogen-bond donors (Lipinski definition) is 0. The Balaban J connectivity index is 1.36. The number of anilines is 1. The summed E-state index contributed by atoms with van der Waals surface area (Å²) >= 11 is 6.01. The van der Waals surface area contributed by atoms with Crippen molar-refractivity contribution in [2.75, 3.05) is 37.9 Å². The molecule has 0 N–H and O–H groups in total. The molecule has 0 radical (unpaired) electrons. The average molecular weight is 442 g/mol. The fraction of sp³-hybridized carbons (Fsp3) is 0.250. The van der Waals surface area contributed by atoms with Crippen LogP contribution in [0.15, 0.2) is 36.7 Å². The fourth-order valence-electron chi connectivity index (χ4n) is 3.78. The highest BCUT2D eigenvalue weighted by atomic mass is 35.5. The molecule has 2 aromatic carbocycles. The van der Waals surface area contributed by atoms with Crippen molar-refractivity contribution in [3.63, 3.8) is 0 Å². The normalized spacial score (nSPS) is 15.4. The van der Waals surface area contributed by atoms with Crippen molar-refractivity contribution in [2.24, 2.45) is 0 Å². The lowest BCUT2D eigenvalue weighted by atomic mass is 10.1. The summed E-state index contributed by atoms with van der Waals surface area (Å²) < 4.78 is 10.6. The first-order chi connectivity index (χ1) is 15.0. The predicted molar refractivity (Wildman–Crippen MR) is 112 cm³/mol. The topological polar surface area (TPSA) is 111 Å². The van der Waals surface area contributed by atoms with Crippen LogP contribution in [-0.2, 0) is 0 Å². The Bertz CT molecular complexity index is 1210. The van der Waals surface area contributed by atoms with Crippen LogP contribution in [0, 0.1) is 10.1 Å². The number of halogens is 1. The summed E-state index contributed by atoms with van der Waals surface area (Å²) in [6.45, 7) is 2.17. The second kappa shape index (κ2) is 7.55. The van der Waals surface area contributed by atoms with Crippen molar-refractivity contribution in [2.45, 2.75) is 0 Å². The number of amides is 1. The molecule has 0 spiro atoms. The van der Waals surface area contributed by atoms with Gasteiger partial charge in [0.25, 0.3) is 11.6 Å². The van der Waals surface area contributed by atoms with Crippen LogP contribution >= 0.6 is 11.6 Å². The van der Waals surface area contributed by atoms with Gasteiger partial charge in [0.15, 0.2) is 11.5 Å². The van der Waals surface area contributed by atoms with E-state index in [9.17, 15) is 14.9 Å². The maximum atomic E-state index is 12.9. The number of benzene rings is 2. The van der Waals surface area contributed by atoms with Gasteiger partial charge in [-0.1, -0.05) is 11.6 Å². The number of carbonyl (C=O) groups excluding carboxylic acids is 1. The average Bonchev–Trinajstić information content (AvgIpc) is 3.25. The first-order valence-electron chi connectivity index (χ1n) is 9.54. The van der Waals surface area contributed by atoms with Crippen molar-refractivity contribution < 1.29 is 19.2 Å².